The summed E-state index contributed by atoms with van der Waals surface area (Å²) in [6, 6.07) is 7.95. The number of esters is 1. The molecular weight excluding hydrogens is 254 g/mol. The Kier molecular flexibility index (Phi) is 7.73. The lowest BCUT2D eigenvalue weighted by atomic mass is 10.1. The molecule has 0 saturated heterocycles. The number of aryl methyl sites for hydroxylation is 1. The van der Waals surface area contributed by atoms with E-state index in [1.165, 1.54) is 5.56 Å². The molecule has 0 bridgehead atoms. The van der Waals surface area contributed by atoms with Gasteiger partial charge in [0.1, 0.15) is 5.75 Å². The molecule has 1 unspecified atom stereocenters. The molecule has 1 rings (SSSR count). The zero-order valence-electron chi connectivity index (χ0n) is 12.4. The average Bonchev–Trinajstić information content (AvgIpc) is 2.44. The van der Waals surface area contributed by atoms with E-state index in [0.29, 0.717) is 12.4 Å². The fraction of sp³-hybridized carbons (Fsp3) is 0.562. The molecule has 4 heteroatoms. The van der Waals surface area contributed by atoms with Crippen molar-refractivity contribution in [2.45, 2.75) is 45.6 Å². The molecule has 0 heterocycles. The molecule has 0 radical (unpaired) electrons. The van der Waals surface area contributed by atoms with Crippen LogP contribution in [0.5, 0.6) is 5.75 Å². The Bertz CT molecular complexity index is 387. The van der Waals surface area contributed by atoms with E-state index in [4.69, 9.17) is 15.2 Å². The summed E-state index contributed by atoms with van der Waals surface area (Å²) in [7, 11) is 0. The summed E-state index contributed by atoms with van der Waals surface area (Å²) in [5.41, 5.74) is 6.95. The van der Waals surface area contributed by atoms with Gasteiger partial charge < -0.3 is 15.2 Å². The molecule has 0 aromatic heterocycles. The summed E-state index contributed by atoms with van der Waals surface area (Å²) in [5, 5.41) is 0. The minimum atomic E-state index is -0.320. The van der Waals surface area contributed by atoms with Gasteiger partial charge in [-0.15, -0.1) is 0 Å². The van der Waals surface area contributed by atoms with Crippen molar-refractivity contribution in [3.63, 3.8) is 0 Å². The highest BCUT2D eigenvalue weighted by Crippen LogP contribution is 2.13. The lowest BCUT2D eigenvalue weighted by Crippen LogP contribution is -2.16. The first-order valence-corrected chi connectivity index (χ1v) is 7.24. The van der Waals surface area contributed by atoms with Crippen molar-refractivity contribution in [1.82, 2.24) is 0 Å². The normalized spacial score (nSPS) is 11.9. The van der Waals surface area contributed by atoms with Crippen LogP contribution < -0.4 is 10.5 Å². The van der Waals surface area contributed by atoms with Gasteiger partial charge in [-0.3, -0.25) is 0 Å². The first kappa shape index (κ1) is 16.5. The molecule has 1 atom stereocenters. The van der Waals surface area contributed by atoms with Gasteiger partial charge >= 0.3 is 5.97 Å². The molecule has 0 saturated carbocycles. The Balaban J connectivity index is 2.28. The van der Waals surface area contributed by atoms with Crippen LogP contribution in [0.2, 0.25) is 0 Å². The van der Waals surface area contributed by atoms with E-state index in [-0.39, 0.29) is 18.6 Å². The monoisotopic (exact) mass is 279 g/mol. The van der Waals surface area contributed by atoms with Crippen LogP contribution in [0.15, 0.2) is 24.3 Å². The van der Waals surface area contributed by atoms with E-state index in [0.717, 1.165) is 25.7 Å². The van der Waals surface area contributed by atoms with Gasteiger partial charge in [0, 0.05) is 6.04 Å². The van der Waals surface area contributed by atoms with E-state index in [1.54, 1.807) is 0 Å². The highest BCUT2D eigenvalue weighted by molar-refractivity contribution is 5.71. The van der Waals surface area contributed by atoms with E-state index in [1.807, 2.05) is 31.2 Å². The Morgan fingerprint density at radius 2 is 2.00 bits per heavy atom. The second-order valence-electron chi connectivity index (χ2n) is 5.02. The molecule has 0 aliphatic carbocycles. The summed E-state index contributed by atoms with van der Waals surface area (Å²) >= 11 is 0. The fourth-order valence-electron chi connectivity index (χ4n) is 1.66. The molecule has 0 spiro atoms. The summed E-state index contributed by atoms with van der Waals surface area (Å²) in [6.45, 7) is 4.48. The van der Waals surface area contributed by atoms with Crippen LogP contribution in [-0.4, -0.2) is 25.2 Å². The molecule has 0 aliphatic rings. The van der Waals surface area contributed by atoms with Crippen LogP contribution >= 0.6 is 0 Å². The molecule has 0 amide bonds. The highest BCUT2D eigenvalue weighted by Gasteiger charge is 2.04. The largest absolute Gasteiger partial charge is 0.482 e. The lowest BCUT2D eigenvalue weighted by molar-refractivity contribution is -0.146. The average molecular weight is 279 g/mol. The maximum absolute atomic E-state index is 11.4. The number of hydrogen-bond donors (Lipinski definition) is 1. The Labute approximate surface area is 121 Å². The van der Waals surface area contributed by atoms with Crippen molar-refractivity contribution < 1.29 is 14.3 Å². The zero-order chi connectivity index (χ0) is 14.8. The van der Waals surface area contributed by atoms with E-state index < -0.39 is 0 Å². The number of nitrogens with two attached hydrogens (primary N) is 1. The van der Waals surface area contributed by atoms with Crippen molar-refractivity contribution in [3.8, 4) is 5.75 Å². The van der Waals surface area contributed by atoms with Crippen LogP contribution in [0.3, 0.4) is 0 Å². The van der Waals surface area contributed by atoms with Gasteiger partial charge in [0.05, 0.1) is 6.61 Å². The number of ether oxygens (including phenoxy) is 2. The molecule has 2 N–H and O–H groups in total. The second-order valence-corrected chi connectivity index (χ2v) is 5.02. The van der Waals surface area contributed by atoms with Gasteiger partial charge in [-0.25, -0.2) is 4.79 Å². The van der Waals surface area contributed by atoms with Crippen LogP contribution in [0.4, 0.5) is 0 Å². The van der Waals surface area contributed by atoms with E-state index in [9.17, 15) is 4.79 Å². The molecule has 112 valence electrons. The molecule has 0 fully saturated rings. The fourth-order valence-corrected chi connectivity index (χ4v) is 1.66. The smallest absolute Gasteiger partial charge is 0.344 e. The molecule has 20 heavy (non-hydrogen) atoms. The summed E-state index contributed by atoms with van der Waals surface area (Å²) in [6.07, 6.45) is 3.82. The predicted molar refractivity (Wildman–Crippen MR) is 79.8 cm³/mol. The Hall–Kier alpha value is -1.55. The third-order valence-electron chi connectivity index (χ3n) is 2.93. The molecule has 4 nitrogen and oxygen atoms in total. The minimum Gasteiger partial charge on any atom is -0.482 e. The van der Waals surface area contributed by atoms with Crippen LogP contribution in [0.1, 0.15) is 38.7 Å². The third kappa shape index (κ3) is 7.14. The number of benzene rings is 1. The zero-order valence-corrected chi connectivity index (χ0v) is 12.4. The van der Waals surface area contributed by atoms with Gasteiger partial charge in [-0.2, -0.15) is 0 Å². The quantitative estimate of drug-likeness (QED) is 0.557. The summed E-state index contributed by atoms with van der Waals surface area (Å²) < 4.78 is 10.4. The van der Waals surface area contributed by atoms with Crippen LogP contribution in [0, 0.1) is 0 Å². The second kappa shape index (κ2) is 9.37. The maximum atomic E-state index is 11.4. The molecular formula is C16H25NO3. The van der Waals surface area contributed by atoms with E-state index in [2.05, 4.69) is 6.92 Å². The first-order valence-electron chi connectivity index (χ1n) is 7.24. The lowest BCUT2D eigenvalue weighted by Gasteiger charge is -2.08. The topological polar surface area (TPSA) is 61.5 Å². The van der Waals surface area contributed by atoms with Gasteiger partial charge in [0.2, 0.25) is 0 Å². The number of hydrogen-bond acceptors (Lipinski definition) is 4. The van der Waals surface area contributed by atoms with Gasteiger partial charge in [0.15, 0.2) is 6.61 Å². The number of unbranched alkanes of at least 4 members (excludes halogenated alkanes) is 1. The van der Waals surface area contributed by atoms with Crippen LogP contribution in [-0.2, 0) is 16.0 Å². The Morgan fingerprint density at radius 1 is 1.30 bits per heavy atom. The Morgan fingerprint density at radius 3 is 2.60 bits per heavy atom. The number of carbonyl (C=O) groups excluding carboxylic acids is 1. The number of rotatable bonds is 9. The van der Waals surface area contributed by atoms with E-state index >= 15 is 0 Å². The highest BCUT2D eigenvalue weighted by atomic mass is 16.6. The van der Waals surface area contributed by atoms with Gasteiger partial charge in [-0.05, 0) is 43.9 Å². The summed E-state index contributed by atoms with van der Waals surface area (Å²) in [5.74, 6) is 0.362. The van der Waals surface area contributed by atoms with Crippen molar-refractivity contribution in [3.05, 3.63) is 29.8 Å². The summed E-state index contributed by atoms with van der Waals surface area (Å²) in [4.78, 5) is 11.4. The number of carbonyl (C=O) groups is 1. The molecule has 0 aliphatic heterocycles. The molecule has 1 aromatic carbocycles. The van der Waals surface area contributed by atoms with Crippen molar-refractivity contribution in [1.29, 1.82) is 0 Å². The predicted octanol–water partition coefficient (Wildman–Crippen LogP) is 2.69. The third-order valence-corrected chi connectivity index (χ3v) is 2.93. The van der Waals surface area contributed by atoms with Crippen molar-refractivity contribution in [2.75, 3.05) is 13.2 Å². The van der Waals surface area contributed by atoms with Gasteiger partial charge in [-0.1, -0.05) is 25.5 Å². The van der Waals surface area contributed by atoms with Crippen molar-refractivity contribution >= 4 is 5.97 Å². The van der Waals surface area contributed by atoms with Gasteiger partial charge in [0.25, 0.3) is 0 Å². The maximum Gasteiger partial charge on any atom is 0.344 e. The van der Waals surface area contributed by atoms with Crippen LogP contribution in [0.25, 0.3) is 0 Å². The minimum absolute atomic E-state index is 0.0388. The van der Waals surface area contributed by atoms with Crippen molar-refractivity contribution in [2.24, 2.45) is 5.73 Å². The SMILES string of the molecule is CCCCOC(=O)COc1ccc(CCC(C)N)cc1. The standard InChI is InChI=1S/C16H25NO3/c1-3-4-11-19-16(18)12-20-15-9-7-14(8-10-15)6-5-13(2)17/h7-10,13H,3-6,11-12,17H2,1-2H3. The molecule has 1 aromatic rings. The first-order chi connectivity index (χ1) is 9.61.